The van der Waals surface area contributed by atoms with Crippen LogP contribution in [-0.4, -0.2) is 36.9 Å². The molecule has 0 radical (unpaired) electrons. The average Bonchev–Trinajstić information content (AvgIpc) is 2.48. The predicted octanol–water partition coefficient (Wildman–Crippen LogP) is 3.70. The summed E-state index contributed by atoms with van der Waals surface area (Å²) in [4.78, 5) is 14.7. The van der Waals surface area contributed by atoms with Gasteiger partial charge < -0.3 is 4.74 Å². The van der Waals surface area contributed by atoms with Gasteiger partial charge in [0.2, 0.25) is 0 Å². The summed E-state index contributed by atoms with van der Waals surface area (Å²) >= 11 is 0. The molecule has 0 aliphatic carbocycles. The van der Waals surface area contributed by atoms with Crippen LogP contribution >= 0.6 is 0 Å². The van der Waals surface area contributed by atoms with E-state index >= 15 is 0 Å². The van der Waals surface area contributed by atoms with Gasteiger partial charge in [-0.05, 0) is 69.0 Å². The quantitative estimate of drug-likeness (QED) is 0.748. The highest BCUT2D eigenvalue weighted by molar-refractivity contribution is 5.98. The summed E-state index contributed by atoms with van der Waals surface area (Å²) in [5.74, 6) is 1.91. The minimum atomic E-state index is 0.217. The first-order valence-corrected chi connectivity index (χ1v) is 8.09. The molecule has 2 rings (SSSR count). The van der Waals surface area contributed by atoms with Crippen molar-refractivity contribution < 1.29 is 9.53 Å². The average molecular weight is 289 g/mol. The monoisotopic (exact) mass is 289 g/mol. The Morgan fingerprint density at radius 3 is 2.67 bits per heavy atom. The maximum Gasteiger partial charge on any atom is 0.176 e. The van der Waals surface area contributed by atoms with Crippen LogP contribution in [0.25, 0.3) is 0 Å². The number of nitrogens with zero attached hydrogens (tertiary/aromatic N) is 1. The van der Waals surface area contributed by atoms with Gasteiger partial charge in [-0.2, -0.15) is 0 Å². The molecule has 0 saturated carbocycles. The van der Waals surface area contributed by atoms with Crippen molar-refractivity contribution in [3.63, 3.8) is 0 Å². The summed E-state index contributed by atoms with van der Waals surface area (Å²) in [6.07, 6.45) is 3.40. The van der Waals surface area contributed by atoms with Gasteiger partial charge in [-0.25, -0.2) is 0 Å². The van der Waals surface area contributed by atoms with Crippen LogP contribution in [0.5, 0.6) is 5.75 Å². The molecule has 0 atom stereocenters. The zero-order valence-corrected chi connectivity index (χ0v) is 13.5. The summed E-state index contributed by atoms with van der Waals surface area (Å²) in [5, 5.41) is 0. The fourth-order valence-electron chi connectivity index (χ4n) is 2.71. The molecule has 21 heavy (non-hydrogen) atoms. The molecule has 1 aromatic carbocycles. The molecule has 0 bridgehead atoms. The van der Waals surface area contributed by atoms with Gasteiger partial charge in [-0.15, -0.1) is 0 Å². The van der Waals surface area contributed by atoms with Crippen molar-refractivity contribution in [3.05, 3.63) is 29.3 Å². The number of carbonyl (C=O) groups excluding carboxylic acids is 1. The van der Waals surface area contributed by atoms with Gasteiger partial charge in [0.05, 0.1) is 13.2 Å². The number of ether oxygens (including phenoxy) is 1. The number of Topliss-reactive ketones (excluding diaryl/α,β-unsaturated/α-hetero) is 1. The van der Waals surface area contributed by atoms with Gasteiger partial charge in [-0.3, -0.25) is 9.69 Å². The van der Waals surface area contributed by atoms with Crippen molar-refractivity contribution in [2.45, 2.75) is 40.0 Å². The van der Waals surface area contributed by atoms with Crippen molar-refractivity contribution in [1.82, 2.24) is 4.90 Å². The summed E-state index contributed by atoms with van der Waals surface area (Å²) in [6, 6.07) is 5.78. The highest BCUT2D eigenvalue weighted by atomic mass is 16.5. The first kappa shape index (κ1) is 16.0. The Hall–Kier alpha value is -1.35. The standard InChI is InChI=1S/C18H27NO2/c1-4-11-21-18-6-5-16(12-15(18)3)17(20)13-19-9-7-14(2)8-10-19/h5-6,12,14H,4,7-11,13H2,1-3H3. The maximum atomic E-state index is 12.4. The largest absolute Gasteiger partial charge is 0.493 e. The van der Waals surface area contributed by atoms with Crippen LogP contribution < -0.4 is 4.74 Å². The van der Waals surface area contributed by atoms with Crippen LogP contribution in [0.3, 0.4) is 0 Å². The fourth-order valence-corrected chi connectivity index (χ4v) is 2.71. The third-order valence-corrected chi connectivity index (χ3v) is 4.20. The number of rotatable bonds is 6. The van der Waals surface area contributed by atoms with Crippen LogP contribution in [0.2, 0.25) is 0 Å². The minimum absolute atomic E-state index is 0.217. The summed E-state index contributed by atoms with van der Waals surface area (Å²) in [6.45, 7) is 9.74. The molecular weight excluding hydrogens is 262 g/mol. The zero-order chi connectivity index (χ0) is 15.2. The Morgan fingerprint density at radius 2 is 2.05 bits per heavy atom. The highest BCUT2D eigenvalue weighted by Crippen LogP contribution is 2.21. The second-order valence-electron chi connectivity index (χ2n) is 6.21. The second kappa shape index (κ2) is 7.60. The smallest absolute Gasteiger partial charge is 0.176 e. The first-order valence-electron chi connectivity index (χ1n) is 8.09. The molecule has 3 heteroatoms. The van der Waals surface area contributed by atoms with Crippen molar-refractivity contribution >= 4 is 5.78 Å². The Kier molecular flexibility index (Phi) is 5.80. The molecule has 1 saturated heterocycles. The number of piperidine rings is 1. The number of hydrogen-bond acceptors (Lipinski definition) is 3. The van der Waals surface area contributed by atoms with E-state index in [1.807, 2.05) is 25.1 Å². The molecular formula is C18H27NO2. The van der Waals surface area contributed by atoms with E-state index in [1.54, 1.807) is 0 Å². The van der Waals surface area contributed by atoms with Gasteiger partial charge >= 0.3 is 0 Å². The number of likely N-dealkylation sites (tertiary alicyclic amines) is 1. The van der Waals surface area contributed by atoms with Crippen LogP contribution in [0.1, 0.15) is 49.0 Å². The highest BCUT2D eigenvalue weighted by Gasteiger charge is 2.19. The van der Waals surface area contributed by atoms with E-state index in [2.05, 4.69) is 18.7 Å². The van der Waals surface area contributed by atoms with Gasteiger partial charge in [0.15, 0.2) is 5.78 Å². The van der Waals surface area contributed by atoms with Crippen LogP contribution in [0.15, 0.2) is 18.2 Å². The molecule has 1 aliphatic rings. The molecule has 1 fully saturated rings. The normalized spacial score (nSPS) is 16.9. The van der Waals surface area contributed by atoms with Gasteiger partial charge in [0.25, 0.3) is 0 Å². The maximum absolute atomic E-state index is 12.4. The lowest BCUT2D eigenvalue weighted by Crippen LogP contribution is -2.36. The molecule has 0 unspecified atom stereocenters. The molecule has 0 aromatic heterocycles. The van der Waals surface area contributed by atoms with Gasteiger partial charge in [-0.1, -0.05) is 13.8 Å². The molecule has 1 heterocycles. The fraction of sp³-hybridized carbons (Fsp3) is 0.611. The summed E-state index contributed by atoms with van der Waals surface area (Å²) < 4.78 is 5.66. The molecule has 1 aromatic rings. The Balaban J connectivity index is 1.94. The van der Waals surface area contributed by atoms with E-state index in [0.717, 1.165) is 48.9 Å². The third kappa shape index (κ3) is 4.57. The third-order valence-electron chi connectivity index (χ3n) is 4.20. The second-order valence-corrected chi connectivity index (χ2v) is 6.21. The van der Waals surface area contributed by atoms with Crippen molar-refractivity contribution in [2.24, 2.45) is 5.92 Å². The number of carbonyl (C=O) groups is 1. The van der Waals surface area contributed by atoms with E-state index in [1.165, 1.54) is 12.8 Å². The number of aryl methyl sites for hydroxylation is 1. The number of ketones is 1. The molecule has 0 amide bonds. The Labute approximate surface area is 128 Å². The lowest BCUT2D eigenvalue weighted by atomic mass is 9.98. The minimum Gasteiger partial charge on any atom is -0.493 e. The van der Waals surface area contributed by atoms with Crippen molar-refractivity contribution in [2.75, 3.05) is 26.2 Å². The van der Waals surface area contributed by atoms with E-state index in [4.69, 9.17) is 4.74 Å². The van der Waals surface area contributed by atoms with Crippen molar-refractivity contribution in [3.8, 4) is 5.75 Å². The summed E-state index contributed by atoms with van der Waals surface area (Å²) in [7, 11) is 0. The molecule has 116 valence electrons. The number of hydrogen-bond donors (Lipinski definition) is 0. The Bertz CT molecular complexity index is 476. The van der Waals surface area contributed by atoms with E-state index in [-0.39, 0.29) is 5.78 Å². The molecule has 1 aliphatic heterocycles. The number of benzene rings is 1. The van der Waals surface area contributed by atoms with Gasteiger partial charge in [0, 0.05) is 5.56 Å². The van der Waals surface area contributed by atoms with Crippen LogP contribution in [0.4, 0.5) is 0 Å². The first-order chi connectivity index (χ1) is 10.1. The van der Waals surface area contributed by atoms with E-state index in [0.29, 0.717) is 6.54 Å². The zero-order valence-electron chi connectivity index (χ0n) is 13.5. The predicted molar refractivity (Wildman–Crippen MR) is 86.1 cm³/mol. The van der Waals surface area contributed by atoms with Crippen molar-refractivity contribution in [1.29, 1.82) is 0 Å². The molecule has 3 nitrogen and oxygen atoms in total. The topological polar surface area (TPSA) is 29.5 Å². The SMILES string of the molecule is CCCOc1ccc(C(=O)CN2CCC(C)CC2)cc1C. The van der Waals surface area contributed by atoms with Crippen LogP contribution in [-0.2, 0) is 0 Å². The Morgan fingerprint density at radius 1 is 1.33 bits per heavy atom. The van der Waals surface area contributed by atoms with Gasteiger partial charge in [0.1, 0.15) is 5.75 Å². The molecule has 0 N–H and O–H groups in total. The van der Waals surface area contributed by atoms with Crippen LogP contribution in [0, 0.1) is 12.8 Å². The van der Waals surface area contributed by atoms with E-state index < -0.39 is 0 Å². The molecule has 0 spiro atoms. The van der Waals surface area contributed by atoms with E-state index in [9.17, 15) is 4.79 Å². The summed E-state index contributed by atoms with van der Waals surface area (Å²) in [5.41, 5.74) is 1.84. The lowest BCUT2D eigenvalue weighted by molar-refractivity contribution is 0.0899. The lowest BCUT2D eigenvalue weighted by Gasteiger charge is -2.29.